The average Bonchev–Trinajstić information content (AvgIpc) is 2.73. The van der Waals surface area contributed by atoms with Gasteiger partial charge in [-0.25, -0.2) is 4.98 Å². The van der Waals surface area contributed by atoms with Gasteiger partial charge in [-0.2, -0.15) is 22.1 Å². The van der Waals surface area contributed by atoms with Crippen molar-refractivity contribution in [2.45, 2.75) is 64.8 Å². The Kier molecular flexibility index (Phi) is 6.65. The van der Waals surface area contributed by atoms with Crippen LogP contribution in [0.5, 0.6) is 0 Å². The zero-order valence-electron chi connectivity index (χ0n) is 16.8. The highest BCUT2D eigenvalue weighted by Gasteiger charge is 2.35. The predicted octanol–water partition coefficient (Wildman–Crippen LogP) is 1.63. The van der Waals surface area contributed by atoms with Crippen LogP contribution in [0.1, 0.15) is 57.3 Å². The van der Waals surface area contributed by atoms with Gasteiger partial charge in [-0.3, -0.25) is 0 Å². The van der Waals surface area contributed by atoms with Crippen molar-refractivity contribution in [1.29, 1.82) is 0 Å². The van der Waals surface area contributed by atoms with Crippen molar-refractivity contribution < 1.29 is 8.42 Å². The van der Waals surface area contributed by atoms with Gasteiger partial charge in [0.15, 0.2) is 0 Å². The summed E-state index contributed by atoms with van der Waals surface area (Å²) in [5, 5.41) is 8.57. The average molecular weight is 397 g/mol. The molecule has 2 heterocycles. The maximum Gasteiger partial charge on any atom is 0.282 e. The molecule has 9 heteroatoms. The number of anilines is 1. The van der Waals surface area contributed by atoms with Crippen LogP contribution in [0.25, 0.3) is 0 Å². The third-order valence-electron chi connectivity index (χ3n) is 5.80. The second kappa shape index (κ2) is 8.79. The molecule has 0 spiro atoms. The monoisotopic (exact) mass is 396 g/mol. The van der Waals surface area contributed by atoms with Crippen LogP contribution in [0, 0.1) is 0 Å². The molecule has 1 saturated heterocycles. The highest BCUT2D eigenvalue weighted by molar-refractivity contribution is 7.86. The molecular formula is C18H32N6O2S. The van der Waals surface area contributed by atoms with Gasteiger partial charge in [0, 0.05) is 39.3 Å². The Labute approximate surface area is 163 Å². The first-order valence-corrected chi connectivity index (χ1v) is 11.6. The molecular weight excluding hydrogens is 364 g/mol. The van der Waals surface area contributed by atoms with Gasteiger partial charge in [0.25, 0.3) is 10.2 Å². The zero-order chi connectivity index (χ0) is 19.4. The fourth-order valence-corrected chi connectivity index (χ4v) is 5.57. The topological polar surface area (TPSA) is 82.5 Å². The molecule has 2 aliphatic rings. The quantitative estimate of drug-likeness (QED) is 0.727. The van der Waals surface area contributed by atoms with Crippen LogP contribution in [-0.2, 0) is 23.1 Å². The van der Waals surface area contributed by atoms with Gasteiger partial charge in [-0.1, -0.05) is 33.1 Å². The predicted molar refractivity (Wildman–Crippen MR) is 106 cm³/mol. The lowest BCUT2D eigenvalue weighted by atomic mass is 9.96. The molecule has 1 aromatic rings. The third kappa shape index (κ3) is 4.41. The normalized spacial score (nSPS) is 20.4. The van der Waals surface area contributed by atoms with E-state index >= 15 is 0 Å². The Balaban J connectivity index is 1.64. The summed E-state index contributed by atoms with van der Waals surface area (Å²) in [5.41, 5.74) is 1.92. The zero-order valence-corrected chi connectivity index (χ0v) is 17.6. The van der Waals surface area contributed by atoms with Gasteiger partial charge in [0.2, 0.25) is 5.95 Å². The highest BCUT2D eigenvalue weighted by Crippen LogP contribution is 2.25. The lowest BCUT2D eigenvalue weighted by molar-refractivity contribution is 0.259. The fraction of sp³-hybridized carbons (Fsp3) is 0.833. The third-order valence-corrected chi connectivity index (χ3v) is 7.84. The first-order chi connectivity index (χ1) is 13.0. The number of rotatable bonds is 6. The fourth-order valence-electron chi connectivity index (χ4n) is 4.00. The van der Waals surface area contributed by atoms with E-state index in [1.165, 1.54) is 6.42 Å². The van der Waals surface area contributed by atoms with Crippen molar-refractivity contribution in [2.24, 2.45) is 0 Å². The van der Waals surface area contributed by atoms with E-state index in [4.69, 9.17) is 0 Å². The second-order valence-electron chi connectivity index (χ2n) is 7.41. The molecule has 152 valence electrons. The van der Waals surface area contributed by atoms with E-state index in [1.807, 2.05) is 4.90 Å². The molecule has 0 amide bonds. The van der Waals surface area contributed by atoms with Crippen LogP contribution in [0.3, 0.4) is 0 Å². The maximum atomic E-state index is 13.0. The van der Waals surface area contributed by atoms with Crippen molar-refractivity contribution >= 4 is 16.2 Å². The number of aryl methyl sites for hydroxylation is 2. The summed E-state index contributed by atoms with van der Waals surface area (Å²) < 4.78 is 29.2. The molecule has 1 aliphatic heterocycles. The minimum Gasteiger partial charge on any atom is -0.337 e. The molecule has 1 aromatic heterocycles. The van der Waals surface area contributed by atoms with E-state index in [1.54, 1.807) is 15.7 Å². The van der Waals surface area contributed by atoms with Crippen LogP contribution in [0.4, 0.5) is 5.95 Å². The number of hydrogen-bond acceptors (Lipinski definition) is 6. The number of piperazine rings is 1. The summed E-state index contributed by atoms with van der Waals surface area (Å²) in [6.07, 6.45) is 7.05. The first kappa shape index (κ1) is 20.4. The summed E-state index contributed by atoms with van der Waals surface area (Å²) in [4.78, 5) is 6.70. The van der Waals surface area contributed by atoms with Crippen LogP contribution in [0.15, 0.2) is 0 Å². The smallest absolute Gasteiger partial charge is 0.282 e. The SMILES string of the molecule is CCc1nnc(N2CCN(S(=O)(=O)N(C)C3CCCCC3)CC2)nc1CC. The number of nitrogens with zero attached hydrogens (tertiary/aromatic N) is 6. The van der Waals surface area contributed by atoms with Crippen molar-refractivity contribution in [3.8, 4) is 0 Å². The van der Waals surface area contributed by atoms with Crippen LogP contribution in [0.2, 0.25) is 0 Å². The summed E-state index contributed by atoms with van der Waals surface area (Å²) in [6.45, 7) is 6.22. The first-order valence-electron chi connectivity index (χ1n) is 10.2. The second-order valence-corrected chi connectivity index (χ2v) is 9.40. The van der Waals surface area contributed by atoms with Gasteiger partial charge in [0.05, 0.1) is 11.4 Å². The van der Waals surface area contributed by atoms with E-state index in [2.05, 4.69) is 29.0 Å². The summed E-state index contributed by atoms with van der Waals surface area (Å²) in [7, 11) is -1.67. The van der Waals surface area contributed by atoms with E-state index in [0.717, 1.165) is 49.9 Å². The lowest BCUT2D eigenvalue weighted by Gasteiger charge is -2.38. The Morgan fingerprint density at radius 3 is 2.19 bits per heavy atom. The Morgan fingerprint density at radius 1 is 0.963 bits per heavy atom. The van der Waals surface area contributed by atoms with Crippen molar-refractivity contribution in [1.82, 2.24) is 23.8 Å². The van der Waals surface area contributed by atoms with E-state index in [0.29, 0.717) is 32.1 Å². The molecule has 1 aliphatic carbocycles. The van der Waals surface area contributed by atoms with Crippen molar-refractivity contribution in [3.05, 3.63) is 11.4 Å². The molecule has 2 fully saturated rings. The molecule has 0 aromatic carbocycles. The van der Waals surface area contributed by atoms with Crippen LogP contribution < -0.4 is 4.90 Å². The Morgan fingerprint density at radius 2 is 1.59 bits per heavy atom. The standard InChI is InChI=1S/C18H32N6O2S/c1-4-16-17(5-2)20-21-18(19-16)23-11-13-24(14-12-23)27(25,26)22(3)15-9-7-6-8-10-15/h15H,4-14H2,1-3H3. The number of aromatic nitrogens is 3. The number of hydrogen-bond donors (Lipinski definition) is 0. The lowest BCUT2D eigenvalue weighted by Crippen LogP contribution is -2.54. The molecule has 3 rings (SSSR count). The van der Waals surface area contributed by atoms with Gasteiger partial charge >= 0.3 is 0 Å². The van der Waals surface area contributed by atoms with Gasteiger partial charge < -0.3 is 4.90 Å². The van der Waals surface area contributed by atoms with Crippen LogP contribution in [-0.4, -0.2) is 71.5 Å². The molecule has 0 atom stereocenters. The van der Waals surface area contributed by atoms with Gasteiger partial charge in [0.1, 0.15) is 0 Å². The van der Waals surface area contributed by atoms with Crippen molar-refractivity contribution in [2.75, 3.05) is 38.1 Å². The molecule has 27 heavy (non-hydrogen) atoms. The minimum atomic E-state index is -3.41. The van der Waals surface area contributed by atoms with E-state index in [-0.39, 0.29) is 6.04 Å². The van der Waals surface area contributed by atoms with Crippen LogP contribution >= 0.6 is 0 Å². The highest BCUT2D eigenvalue weighted by atomic mass is 32.2. The molecule has 0 bridgehead atoms. The van der Waals surface area contributed by atoms with Crippen molar-refractivity contribution in [3.63, 3.8) is 0 Å². The maximum absolute atomic E-state index is 13.0. The summed E-state index contributed by atoms with van der Waals surface area (Å²) in [5.74, 6) is 0.613. The summed E-state index contributed by atoms with van der Waals surface area (Å²) >= 11 is 0. The van der Waals surface area contributed by atoms with Gasteiger partial charge in [-0.05, 0) is 25.7 Å². The molecule has 0 radical (unpaired) electrons. The Hall–Kier alpha value is -1.32. The largest absolute Gasteiger partial charge is 0.337 e. The molecule has 0 unspecified atom stereocenters. The molecule has 0 N–H and O–H groups in total. The Bertz CT molecular complexity index is 727. The van der Waals surface area contributed by atoms with Gasteiger partial charge in [-0.15, -0.1) is 5.10 Å². The molecule has 8 nitrogen and oxygen atoms in total. The van der Waals surface area contributed by atoms with E-state index in [9.17, 15) is 8.42 Å². The summed E-state index contributed by atoms with van der Waals surface area (Å²) in [6, 6.07) is 0.142. The minimum absolute atomic E-state index is 0.142. The van der Waals surface area contributed by atoms with E-state index < -0.39 is 10.2 Å². The molecule has 1 saturated carbocycles.